The van der Waals surface area contributed by atoms with E-state index in [0.717, 1.165) is 48.0 Å². The van der Waals surface area contributed by atoms with Crippen LogP contribution in [0.15, 0.2) is 42.5 Å². The van der Waals surface area contributed by atoms with Crippen LogP contribution in [0.2, 0.25) is 0 Å². The van der Waals surface area contributed by atoms with E-state index in [0.29, 0.717) is 11.4 Å². The largest absolute Gasteiger partial charge is 0.398 e. The van der Waals surface area contributed by atoms with Crippen LogP contribution in [0.3, 0.4) is 0 Å². The number of ether oxygens (including phenoxy) is 1. The number of anilines is 2. The van der Waals surface area contributed by atoms with Crippen LogP contribution in [-0.4, -0.2) is 16.4 Å². The molecule has 0 aliphatic carbocycles. The zero-order valence-electron chi connectivity index (χ0n) is 12.9. The van der Waals surface area contributed by atoms with Gasteiger partial charge in [-0.15, -0.1) is 0 Å². The van der Waals surface area contributed by atoms with E-state index in [2.05, 4.69) is 12.1 Å². The monoisotopic (exact) mass is 308 g/mol. The maximum Gasteiger partial charge on any atom is 0.150 e. The normalized spacial score (nSPS) is 18.3. The molecule has 1 unspecified atom stereocenters. The van der Waals surface area contributed by atoms with Crippen LogP contribution >= 0.6 is 0 Å². The molecule has 3 aromatic rings. The Hall–Kier alpha value is -2.53. The summed E-state index contributed by atoms with van der Waals surface area (Å²) in [4.78, 5) is 0. The van der Waals surface area contributed by atoms with E-state index in [4.69, 9.17) is 21.3 Å². The number of nitrogens with zero attached hydrogens (tertiary/aromatic N) is 2. The molecule has 4 N–H and O–H groups in total. The quantitative estimate of drug-likeness (QED) is 0.709. The highest BCUT2D eigenvalue weighted by molar-refractivity contribution is 5.99. The van der Waals surface area contributed by atoms with Gasteiger partial charge < -0.3 is 16.2 Å². The Bertz CT molecular complexity index is 829. The molecule has 0 bridgehead atoms. The lowest BCUT2D eigenvalue weighted by Gasteiger charge is -2.23. The second-order valence-electron chi connectivity index (χ2n) is 5.94. The Morgan fingerprint density at radius 1 is 1.00 bits per heavy atom. The summed E-state index contributed by atoms with van der Waals surface area (Å²) in [7, 11) is 0. The standard InChI is InChI=1S/C18H20N4O/c19-13-7-5-8-14(20)17(13)18-12-6-1-2-9-15(12)22(21-18)16-10-3-4-11-23-16/h1-2,5-9,16H,3-4,10-11,19-20H2. The number of aromatic nitrogens is 2. The van der Waals surface area contributed by atoms with Gasteiger partial charge in [0.15, 0.2) is 6.23 Å². The summed E-state index contributed by atoms with van der Waals surface area (Å²) in [6, 6.07) is 13.7. The topological polar surface area (TPSA) is 79.1 Å². The van der Waals surface area contributed by atoms with Gasteiger partial charge in [0.2, 0.25) is 0 Å². The Morgan fingerprint density at radius 3 is 2.52 bits per heavy atom. The Labute approximate surface area is 134 Å². The summed E-state index contributed by atoms with van der Waals surface area (Å²) in [5.41, 5.74) is 16.3. The Morgan fingerprint density at radius 2 is 1.78 bits per heavy atom. The second-order valence-corrected chi connectivity index (χ2v) is 5.94. The smallest absolute Gasteiger partial charge is 0.150 e. The van der Waals surface area contributed by atoms with Gasteiger partial charge in [-0.1, -0.05) is 24.3 Å². The number of hydrogen-bond acceptors (Lipinski definition) is 4. The molecular weight excluding hydrogens is 288 g/mol. The van der Waals surface area contributed by atoms with Gasteiger partial charge in [-0.25, -0.2) is 4.68 Å². The molecule has 1 fully saturated rings. The minimum Gasteiger partial charge on any atom is -0.398 e. The van der Waals surface area contributed by atoms with Gasteiger partial charge in [0, 0.05) is 28.9 Å². The van der Waals surface area contributed by atoms with Crippen molar-refractivity contribution in [3.63, 3.8) is 0 Å². The summed E-state index contributed by atoms with van der Waals surface area (Å²) in [5, 5.41) is 5.88. The van der Waals surface area contributed by atoms with Gasteiger partial charge in [0.05, 0.1) is 5.52 Å². The summed E-state index contributed by atoms with van der Waals surface area (Å²) in [6.07, 6.45) is 3.23. The molecular formula is C18H20N4O. The third kappa shape index (κ3) is 2.33. The zero-order chi connectivity index (χ0) is 15.8. The molecule has 5 nitrogen and oxygen atoms in total. The highest BCUT2D eigenvalue weighted by atomic mass is 16.5. The molecule has 1 aliphatic rings. The summed E-state index contributed by atoms with van der Waals surface area (Å²) in [5.74, 6) is 0. The third-order valence-electron chi connectivity index (χ3n) is 4.41. The molecule has 23 heavy (non-hydrogen) atoms. The second kappa shape index (κ2) is 5.59. The fourth-order valence-corrected chi connectivity index (χ4v) is 3.27. The molecule has 0 radical (unpaired) electrons. The molecule has 2 heterocycles. The lowest BCUT2D eigenvalue weighted by molar-refractivity contribution is -0.0365. The van der Waals surface area contributed by atoms with Crippen molar-refractivity contribution in [3.05, 3.63) is 42.5 Å². The van der Waals surface area contributed by atoms with Crippen LogP contribution in [0.5, 0.6) is 0 Å². The lowest BCUT2D eigenvalue weighted by Crippen LogP contribution is -2.19. The van der Waals surface area contributed by atoms with E-state index >= 15 is 0 Å². The first-order valence-electron chi connectivity index (χ1n) is 7.99. The van der Waals surface area contributed by atoms with Crippen molar-refractivity contribution < 1.29 is 4.74 Å². The number of benzene rings is 2. The van der Waals surface area contributed by atoms with Crippen LogP contribution in [0, 0.1) is 0 Å². The molecule has 118 valence electrons. The van der Waals surface area contributed by atoms with Crippen LogP contribution in [0.4, 0.5) is 11.4 Å². The molecule has 1 aliphatic heterocycles. The Kier molecular flexibility index (Phi) is 3.42. The van der Waals surface area contributed by atoms with Crippen molar-refractivity contribution in [2.24, 2.45) is 0 Å². The SMILES string of the molecule is Nc1cccc(N)c1-c1nn(C2CCCCO2)c2ccccc12. The molecule has 1 saturated heterocycles. The predicted molar refractivity (Wildman–Crippen MR) is 92.8 cm³/mol. The third-order valence-corrected chi connectivity index (χ3v) is 4.41. The number of para-hydroxylation sites is 1. The number of nitrogen functional groups attached to an aromatic ring is 2. The van der Waals surface area contributed by atoms with Crippen molar-refractivity contribution in [1.29, 1.82) is 0 Å². The first-order valence-corrected chi connectivity index (χ1v) is 7.99. The predicted octanol–water partition coefficient (Wildman–Crippen LogP) is 3.57. The molecule has 0 spiro atoms. The number of nitrogens with two attached hydrogens (primary N) is 2. The summed E-state index contributed by atoms with van der Waals surface area (Å²) >= 11 is 0. The average Bonchev–Trinajstić information content (AvgIpc) is 2.95. The molecule has 1 aromatic heterocycles. The molecule has 2 aromatic carbocycles. The highest BCUT2D eigenvalue weighted by Crippen LogP contribution is 2.37. The van der Waals surface area contributed by atoms with Gasteiger partial charge in [0.25, 0.3) is 0 Å². The minimum absolute atomic E-state index is 0.0199. The van der Waals surface area contributed by atoms with Crippen molar-refractivity contribution in [2.45, 2.75) is 25.5 Å². The van der Waals surface area contributed by atoms with Gasteiger partial charge in [-0.3, -0.25) is 0 Å². The van der Waals surface area contributed by atoms with E-state index in [-0.39, 0.29) is 6.23 Å². The maximum atomic E-state index is 6.17. The minimum atomic E-state index is -0.0199. The van der Waals surface area contributed by atoms with Crippen molar-refractivity contribution >= 4 is 22.3 Å². The highest BCUT2D eigenvalue weighted by Gasteiger charge is 2.22. The lowest BCUT2D eigenvalue weighted by atomic mass is 10.0. The van der Waals surface area contributed by atoms with E-state index in [1.807, 2.05) is 35.0 Å². The molecule has 1 atom stereocenters. The van der Waals surface area contributed by atoms with Gasteiger partial charge in [0.1, 0.15) is 5.69 Å². The Balaban J connectivity index is 1.94. The van der Waals surface area contributed by atoms with Crippen molar-refractivity contribution in [1.82, 2.24) is 9.78 Å². The van der Waals surface area contributed by atoms with Crippen LogP contribution in [0.25, 0.3) is 22.2 Å². The fourth-order valence-electron chi connectivity index (χ4n) is 3.27. The first-order chi connectivity index (χ1) is 11.3. The number of fused-ring (bicyclic) bond motifs is 1. The zero-order valence-corrected chi connectivity index (χ0v) is 12.9. The van der Waals surface area contributed by atoms with E-state index in [1.54, 1.807) is 0 Å². The van der Waals surface area contributed by atoms with E-state index < -0.39 is 0 Å². The van der Waals surface area contributed by atoms with Crippen LogP contribution < -0.4 is 11.5 Å². The number of rotatable bonds is 2. The average molecular weight is 308 g/mol. The summed E-state index contributed by atoms with van der Waals surface area (Å²) in [6.45, 7) is 0.782. The molecule has 0 saturated carbocycles. The molecule has 0 amide bonds. The molecule has 4 rings (SSSR count). The van der Waals surface area contributed by atoms with Gasteiger partial charge in [-0.05, 0) is 37.5 Å². The van der Waals surface area contributed by atoms with Crippen LogP contribution in [-0.2, 0) is 4.74 Å². The molecule has 5 heteroatoms. The maximum absolute atomic E-state index is 6.17. The number of hydrogen-bond donors (Lipinski definition) is 2. The first kappa shape index (κ1) is 14.1. The van der Waals surface area contributed by atoms with Gasteiger partial charge in [-0.2, -0.15) is 5.10 Å². The van der Waals surface area contributed by atoms with E-state index in [1.165, 1.54) is 0 Å². The van der Waals surface area contributed by atoms with Crippen LogP contribution in [0.1, 0.15) is 25.5 Å². The van der Waals surface area contributed by atoms with Crippen molar-refractivity contribution in [2.75, 3.05) is 18.1 Å². The van der Waals surface area contributed by atoms with Crippen molar-refractivity contribution in [3.8, 4) is 11.3 Å². The van der Waals surface area contributed by atoms with E-state index in [9.17, 15) is 0 Å². The van der Waals surface area contributed by atoms with Gasteiger partial charge >= 0.3 is 0 Å². The fraction of sp³-hybridized carbons (Fsp3) is 0.278. The summed E-state index contributed by atoms with van der Waals surface area (Å²) < 4.78 is 7.90.